The molecule has 0 unspecified atom stereocenters. The van der Waals surface area contributed by atoms with Gasteiger partial charge in [0.2, 0.25) is 0 Å². The first-order valence-corrected chi connectivity index (χ1v) is 5.19. The summed E-state index contributed by atoms with van der Waals surface area (Å²) in [6.07, 6.45) is 0.593. The van der Waals surface area contributed by atoms with E-state index in [1.807, 2.05) is 0 Å². The average Bonchev–Trinajstić information content (AvgIpc) is 2.14. The highest BCUT2D eigenvalue weighted by atomic mass is 16.4. The number of nitrogens with zero attached hydrogens (tertiary/aromatic N) is 2. The summed E-state index contributed by atoms with van der Waals surface area (Å²) in [7, 11) is 0. The third kappa shape index (κ3) is 3.87. The molecule has 1 aliphatic heterocycles. The summed E-state index contributed by atoms with van der Waals surface area (Å²) >= 11 is 0. The van der Waals surface area contributed by atoms with Crippen molar-refractivity contribution in [1.82, 2.24) is 10.3 Å². The van der Waals surface area contributed by atoms with Crippen molar-refractivity contribution in [2.45, 2.75) is 39.2 Å². The van der Waals surface area contributed by atoms with Crippen LogP contribution in [0.5, 0.6) is 0 Å². The molecule has 2 N–H and O–H groups in total. The van der Waals surface area contributed by atoms with E-state index in [0.29, 0.717) is 0 Å². The Balaban J connectivity index is 2.42. The first-order valence-electron chi connectivity index (χ1n) is 5.19. The van der Waals surface area contributed by atoms with Crippen LogP contribution in [0.25, 0.3) is 0 Å². The molecule has 86 valence electrons. The second kappa shape index (κ2) is 4.61. The van der Waals surface area contributed by atoms with Gasteiger partial charge in [-0.2, -0.15) is 5.10 Å². The van der Waals surface area contributed by atoms with Crippen molar-refractivity contribution in [1.29, 1.82) is 0 Å². The van der Waals surface area contributed by atoms with E-state index in [1.165, 1.54) is 0 Å². The van der Waals surface area contributed by atoms with Gasteiger partial charge in [-0.1, -0.05) is 0 Å². The highest BCUT2D eigenvalue weighted by molar-refractivity contribution is 5.86. The molecule has 15 heavy (non-hydrogen) atoms. The zero-order chi connectivity index (χ0) is 11.5. The summed E-state index contributed by atoms with van der Waals surface area (Å²) in [4.78, 5) is 12.6. The second-order valence-corrected chi connectivity index (χ2v) is 4.75. The Hall–Kier alpha value is -1.10. The van der Waals surface area contributed by atoms with E-state index >= 15 is 0 Å². The van der Waals surface area contributed by atoms with Crippen LogP contribution in [0.2, 0.25) is 0 Å². The van der Waals surface area contributed by atoms with Gasteiger partial charge in [-0.15, -0.1) is 0 Å². The molecule has 0 bridgehead atoms. The van der Waals surface area contributed by atoms with Gasteiger partial charge in [0.05, 0.1) is 0 Å². The lowest BCUT2D eigenvalue weighted by Crippen LogP contribution is -2.46. The lowest BCUT2D eigenvalue weighted by atomic mass is 10.00. The fourth-order valence-electron chi connectivity index (χ4n) is 1.67. The summed E-state index contributed by atoms with van der Waals surface area (Å²) in [5, 5.41) is 12.2. The molecular weight excluding hydrogens is 194 g/mol. The molecular formula is C10H19N3O2. The van der Waals surface area contributed by atoms with Gasteiger partial charge in [-0.3, -0.25) is 4.90 Å². The quantitative estimate of drug-likeness (QED) is 0.649. The van der Waals surface area contributed by atoms with Gasteiger partial charge in [-0.25, -0.2) is 10.2 Å². The topological polar surface area (TPSA) is 64.9 Å². The number of hydrazone groups is 1. The fraction of sp³-hybridized carbons (Fsp3) is 0.800. The van der Waals surface area contributed by atoms with Crippen LogP contribution >= 0.6 is 0 Å². The van der Waals surface area contributed by atoms with E-state index in [1.54, 1.807) is 0 Å². The first kappa shape index (κ1) is 12.0. The average molecular weight is 213 g/mol. The molecule has 5 heteroatoms. The Morgan fingerprint density at radius 3 is 2.33 bits per heavy atom. The van der Waals surface area contributed by atoms with Crippen LogP contribution in [0.3, 0.4) is 0 Å². The Morgan fingerprint density at radius 1 is 1.40 bits per heavy atom. The standard InChI is InChI=1S/C10H19N3O2/c1-10(2,3)13-6-4-8(5-7-13)11-12-9(14)15/h12H,4-7H2,1-3H3,(H,14,15). The van der Waals surface area contributed by atoms with Crippen LogP contribution in [0.15, 0.2) is 5.10 Å². The number of carboxylic acid groups (broad SMARTS) is 1. The van der Waals surface area contributed by atoms with Crippen LogP contribution in [0.1, 0.15) is 33.6 Å². The third-order valence-corrected chi connectivity index (χ3v) is 2.60. The number of nitrogens with one attached hydrogen (secondary N) is 1. The Kier molecular flexibility index (Phi) is 3.68. The van der Waals surface area contributed by atoms with Crippen molar-refractivity contribution in [3.05, 3.63) is 0 Å². The maximum absolute atomic E-state index is 10.2. The number of likely N-dealkylation sites (tertiary alicyclic amines) is 1. The summed E-state index contributed by atoms with van der Waals surface area (Å²) in [5.41, 5.74) is 3.18. The molecule has 0 atom stereocenters. The van der Waals surface area contributed by atoms with Gasteiger partial charge in [-0.05, 0) is 20.8 Å². The largest absolute Gasteiger partial charge is 0.464 e. The maximum Gasteiger partial charge on any atom is 0.425 e. The van der Waals surface area contributed by atoms with Crippen molar-refractivity contribution < 1.29 is 9.90 Å². The minimum absolute atomic E-state index is 0.186. The lowest BCUT2D eigenvalue weighted by Gasteiger charge is -2.38. The van der Waals surface area contributed by atoms with E-state index < -0.39 is 6.09 Å². The predicted molar refractivity (Wildman–Crippen MR) is 59.2 cm³/mol. The molecule has 0 aromatic rings. The van der Waals surface area contributed by atoms with E-state index in [4.69, 9.17) is 5.11 Å². The number of amides is 1. The van der Waals surface area contributed by atoms with Crippen molar-refractivity contribution in [2.75, 3.05) is 13.1 Å². The molecule has 5 nitrogen and oxygen atoms in total. The lowest BCUT2D eigenvalue weighted by molar-refractivity contribution is 0.136. The van der Waals surface area contributed by atoms with E-state index in [0.717, 1.165) is 31.6 Å². The zero-order valence-corrected chi connectivity index (χ0v) is 9.58. The van der Waals surface area contributed by atoms with Crippen molar-refractivity contribution in [3.8, 4) is 0 Å². The zero-order valence-electron chi connectivity index (χ0n) is 9.58. The summed E-state index contributed by atoms with van der Waals surface area (Å²) in [6.45, 7) is 8.45. The van der Waals surface area contributed by atoms with Crippen molar-refractivity contribution in [3.63, 3.8) is 0 Å². The summed E-state index contributed by atoms with van der Waals surface area (Å²) in [5.74, 6) is 0. The van der Waals surface area contributed by atoms with E-state index in [2.05, 4.69) is 36.2 Å². The highest BCUT2D eigenvalue weighted by Crippen LogP contribution is 2.18. The molecule has 1 rings (SSSR count). The Bertz CT molecular complexity index is 258. The van der Waals surface area contributed by atoms with Gasteiger partial charge in [0.1, 0.15) is 0 Å². The van der Waals surface area contributed by atoms with Gasteiger partial charge >= 0.3 is 6.09 Å². The molecule has 0 aromatic carbocycles. The van der Waals surface area contributed by atoms with Crippen LogP contribution in [-0.2, 0) is 0 Å². The molecule has 0 saturated carbocycles. The molecule has 1 amide bonds. The predicted octanol–water partition coefficient (Wildman–Crippen LogP) is 1.50. The van der Waals surface area contributed by atoms with Crippen LogP contribution in [0, 0.1) is 0 Å². The van der Waals surface area contributed by atoms with Gasteiger partial charge in [0.15, 0.2) is 0 Å². The van der Waals surface area contributed by atoms with Crippen molar-refractivity contribution in [2.24, 2.45) is 5.10 Å². The van der Waals surface area contributed by atoms with Crippen molar-refractivity contribution >= 4 is 11.8 Å². The minimum atomic E-state index is -1.10. The number of rotatable bonds is 1. The molecule has 0 radical (unpaired) electrons. The van der Waals surface area contributed by atoms with Crippen LogP contribution < -0.4 is 5.43 Å². The summed E-state index contributed by atoms with van der Waals surface area (Å²) < 4.78 is 0. The second-order valence-electron chi connectivity index (χ2n) is 4.75. The Labute approximate surface area is 90.1 Å². The molecule has 1 saturated heterocycles. The van der Waals surface area contributed by atoms with E-state index in [-0.39, 0.29) is 5.54 Å². The molecule has 1 heterocycles. The van der Waals surface area contributed by atoms with Gasteiger partial charge in [0, 0.05) is 37.2 Å². The highest BCUT2D eigenvalue weighted by Gasteiger charge is 2.24. The summed E-state index contributed by atoms with van der Waals surface area (Å²) in [6, 6.07) is 0. The normalized spacial score (nSPS) is 18.7. The van der Waals surface area contributed by atoms with Crippen LogP contribution in [-0.4, -0.2) is 40.4 Å². The molecule has 1 fully saturated rings. The molecule has 0 aromatic heterocycles. The molecule has 0 spiro atoms. The van der Waals surface area contributed by atoms with Gasteiger partial charge < -0.3 is 5.11 Å². The monoisotopic (exact) mass is 213 g/mol. The molecule has 0 aliphatic carbocycles. The van der Waals surface area contributed by atoms with E-state index in [9.17, 15) is 4.79 Å². The van der Waals surface area contributed by atoms with Gasteiger partial charge in [0.25, 0.3) is 0 Å². The SMILES string of the molecule is CC(C)(C)N1CCC(=NNC(=O)O)CC1. The first-order chi connectivity index (χ1) is 6.89. The minimum Gasteiger partial charge on any atom is -0.464 e. The molecule has 1 aliphatic rings. The van der Waals surface area contributed by atoms with Crippen LogP contribution in [0.4, 0.5) is 4.79 Å². The maximum atomic E-state index is 10.2. The number of piperidine rings is 1. The smallest absolute Gasteiger partial charge is 0.425 e. The third-order valence-electron chi connectivity index (χ3n) is 2.60. The fourth-order valence-corrected chi connectivity index (χ4v) is 1.67. The number of hydrogen-bond donors (Lipinski definition) is 2. The Morgan fingerprint density at radius 2 is 1.93 bits per heavy atom. The number of hydrogen-bond acceptors (Lipinski definition) is 3. The number of carbonyl (C=O) groups is 1.